The highest BCUT2D eigenvalue weighted by Gasteiger charge is 2.63. The first-order valence-electron chi connectivity index (χ1n) is 16.9. The monoisotopic (exact) mass is 668 g/mol. The summed E-state index contributed by atoms with van der Waals surface area (Å²) in [6.45, 7) is 2.37. The number of epoxide rings is 1. The summed E-state index contributed by atoms with van der Waals surface area (Å²) in [7, 11) is 1.61. The fourth-order valence-corrected chi connectivity index (χ4v) is 6.37. The summed E-state index contributed by atoms with van der Waals surface area (Å²) < 4.78 is 56.7. The van der Waals surface area contributed by atoms with E-state index in [1.807, 2.05) is 121 Å². The fourth-order valence-electron chi connectivity index (χ4n) is 6.37. The minimum Gasteiger partial charge on any atom is -0.374 e. The number of hydrogen-bond donors (Lipinski definition) is 0. The molecule has 4 aromatic carbocycles. The minimum absolute atomic E-state index is 0.178. The van der Waals surface area contributed by atoms with Gasteiger partial charge in [-0.25, -0.2) is 0 Å². The van der Waals surface area contributed by atoms with Crippen LogP contribution in [0.2, 0.25) is 0 Å². The van der Waals surface area contributed by atoms with E-state index < -0.39 is 30.9 Å². The number of methoxy groups -OCH3 is 1. The molecule has 0 radical (unpaired) electrons. The van der Waals surface area contributed by atoms with Crippen LogP contribution in [0.3, 0.4) is 0 Å². The van der Waals surface area contributed by atoms with Gasteiger partial charge in [-0.2, -0.15) is 0 Å². The van der Waals surface area contributed by atoms with Crippen LogP contribution in [0.25, 0.3) is 0 Å². The van der Waals surface area contributed by atoms with Gasteiger partial charge in [-0.05, 0) is 22.3 Å². The van der Waals surface area contributed by atoms with Gasteiger partial charge in [0.25, 0.3) is 0 Å². The normalized spacial score (nSPS) is 27.9. The molecule has 3 fully saturated rings. The van der Waals surface area contributed by atoms with Crippen molar-refractivity contribution < 1.29 is 42.6 Å². The molecular weight excluding hydrogens is 624 g/mol. The summed E-state index contributed by atoms with van der Waals surface area (Å²) in [4.78, 5) is 0. The van der Waals surface area contributed by atoms with E-state index >= 15 is 0 Å². The van der Waals surface area contributed by atoms with Crippen molar-refractivity contribution in [1.29, 1.82) is 0 Å². The summed E-state index contributed by atoms with van der Waals surface area (Å²) in [5, 5.41) is 0. The number of rotatable bonds is 18. The van der Waals surface area contributed by atoms with Crippen LogP contribution in [0.1, 0.15) is 22.3 Å². The minimum atomic E-state index is -0.690. The second-order valence-corrected chi connectivity index (χ2v) is 12.5. The first-order chi connectivity index (χ1) is 24.2. The molecule has 0 aromatic heterocycles. The van der Waals surface area contributed by atoms with Crippen molar-refractivity contribution in [2.75, 3.05) is 20.3 Å². The summed E-state index contributed by atoms with van der Waals surface area (Å²) in [5.74, 6) is 0. The Morgan fingerprint density at radius 1 is 0.551 bits per heavy atom. The molecule has 7 rings (SSSR count). The lowest BCUT2D eigenvalue weighted by Crippen LogP contribution is -2.44. The van der Waals surface area contributed by atoms with E-state index in [4.69, 9.17) is 42.6 Å². The highest BCUT2D eigenvalue weighted by atomic mass is 16.8. The van der Waals surface area contributed by atoms with Crippen molar-refractivity contribution in [2.45, 2.75) is 81.7 Å². The van der Waals surface area contributed by atoms with E-state index in [2.05, 4.69) is 0 Å². The molecule has 0 spiro atoms. The SMILES string of the molecule is CO[C@H]1O[C@H](COCc2ccccc2)[C@@H](OCc2ccccc2)[C@@H]1O[C@H]1O[C@@H]([C@@H](COCc2ccccc2)OCc2ccccc2)[C@H]2O[C@@H]12. The zero-order chi connectivity index (χ0) is 33.3. The molecule has 0 unspecified atom stereocenters. The van der Waals surface area contributed by atoms with Gasteiger partial charge in [0.1, 0.15) is 42.7 Å². The molecule has 0 saturated carbocycles. The van der Waals surface area contributed by atoms with Crippen molar-refractivity contribution in [2.24, 2.45) is 0 Å². The van der Waals surface area contributed by atoms with E-state index in [-0.39, 0.29) is 24.4 Å². The van der Waals surface area contributed by atoms with Gasteiger partial charge in [0.15, 0.2) is 12.6 Å². The predicted octanol–water partition coefficient (Wildman–Crippen LogP) is 5.84. The van der Waals surface area contributed by atoms with Gasteiger partial charge in [0.05, 0.1) is 39.6 Å². The second kappa shape index (κ2) is 17.0. The fraction of sp³-hybridized carbons (Fsp3) is 0.400. The maximum atomic E-state index is 6.67. The van der Waals surface area contributed by atoms with Crippen LogP contribution < -0.4 is 0 Å². The van der Waals surface area contributed by atoms with E-state index in [1.54, 1.807) is 7.11 Å². The third kappa shape index (κ3) is 9.01. The molecule has 9 atom stereocenters. The van der Waals surface area contributed by atoms with Crippen molar-refractivity contribution in [3.8, 4) is 0 Å². The Balaban J connectivity index is 1.02. The highest BCUT2D eigenvalue weighted by Crippen LogP contribution is 2.44. The van der Waals surface area contributed by atoms with E-state index in [0.29, 0.717) is 39.6 Å². The molecule has 49 heavy (non-hydrogen) atoms. The highest BCUT2D eigenvalue weighted by molar-refractivity contribution is 5.16. The van der Waals surface area contributed by atoms with Gasteiger partial charge >= 0.3 is 0 Å². The van der Waals surface area contributed by atoms with Crippen LogP contribution in [0.4, 0.5) is 0 Å². The van der Waals surface area contributed by atoms with E-state index in [0.717, 1.165) is 22.3 Å². The van der Waals surface area contributed by atoms with Gasteiger partial charge in [-0.1, -0.05) is 121 Å². The van der Waals surface area contributed by atoms with Crippen LogP contribution in [-0.4, -0.2) is 75.6 Å². The molecular formula is C40H44O9. The Morgan fingerprint density at radius 2 is 1.10 bits per heavy atom. The summed E-state index contributed by atoms with van der Waals surface area (Å²) in [6, 6.07) is 40.2. The lowest BCUT2D eigenvalue weighted by molar-refractivity contribution is -0.257. The Hall–Kier alpha value is -3.48. The molecule has 3 saturated heterocycles. The number of benzene rings is 4. The van der Waals surface area contributed by atoms with Crippen LogP contribution in [0, 0.1) is 0 Å². The van der Waals surface area contributed by atoms with Gasteiger partial charge in [-0.15, -0.1) is 0 Å². The van der Waals surface area contributed by atoms with Crippen LogP contribution in [-0.2, 0) is 69.1 Å². The largest absolute Gasteiger partial charge is 0.374 e. The Labute approximate surface area is 287 Å². The molecule has 0 aliphatic carbocycles. The Bertz CT molecular complexity index is 1530. The summed E-state index contributed by atoms with van der Waals surface area (Å²) in [5.41, 5.74) is 4.29. The molecule has 3 aliphatic heterocycles. The van der Waals surface area contributed by atoms with Crippen molar-refractivity contribution in [3.05, 3.63) is 144 Å². The van der Waals surface area contributed by atoms with Gasteiger partial charge in [-0.3, -0.25) is 0 Å². The molecule has 3 aliphatic rings. The third-order valence-corrected chi connectivity index (χ3v) is 8.98. The lowest BCUT2D eigenvalue weighted by atomic mass is 10.1. The average molecular weight is 669 g/mol. The number of hydrogen-bond acceptors (Lipinski definition) is 9. The zero-order valence-corrected chi connectivity index (χ0v) is 27.7. The van der Waals surface area contributed by atoms with Crippen LogP contribution in [0.5, 0.6) is 0 Å². The topological polar surface area (TPSA) is 86.4 Å². The van der Waals surface area contributed by atoms with Gasteiger partial charge in [0.2, 0.25) is 0 Å². The molecule has 0 amide bonds. The van der Waals surface area contributed by atoms with Crippen LogP contribution in [0.15, 0.2) is 121 Å². The number of ether oxygens (including phenoxy) is 9. The van der Waals surface area contributed by atoms with Crippen molar-refractivity contribution >= 4 is 0 Å². The Morgan fingerprint density at radius 3 is 1.69 bits per heavy atom. The van der Waals surface area contributed by atoms with Gasteiger partial charge < -0.3 is 42.6 Å². The Kier molecular flexibility index (Phi) is 11.8. The molecule has 0 bridgehead atoms. The first-order valence-corrected chi connectivity index (χ1v) is 16.9. The molecule has 4 aromatic rings. The first kappa shape index (κ1) is 34.0. The second-order valence-electron chi connectivity index (χ2n) is 12.5. The van der Waals surface area contributed by atoms with Crippen molar-refractivity contribution in [1.82, 2.24) is 0 Å². The third-order valence-electron chi connectivity index (χ3n) is 8.98. The standard InChI is InChI=1S/C40H44O9/c1-41-39-37(34(45-25-31-20-12-5-13-21-31)33(46-39)27-43-23-29-16-8-3-9-17-29)49-40-38-36(47-38)35(48-40)32(44-24-30-18-10-4-11-19-30)26-42-22-28-14-6-2-7-15-28/h2-21,32-40H,22-27H2,1H3/t32-,33-,34-,35+,36-,37+,38-,39+,40-/m1/s1. The molecule has 3 heterocycles. The van der Waals surface area contributed by atoms with E-state index in [9.17, 15) is 0 Å². The summed E-state index contributed by atoms with van der Waals surface area (Å²) in [6.07, 6.45) is -4.04. The summed E-state index contributed by atoms with van der Waals surface area (Å²) >= 11 is 0. The van der Waals surface area contributed by atoms with Gasteiger partial charge in [0, 0.05) is 7.11 Å². The molecule has 9 nitrogen and oxygen atoms in total. The average Bonchev–Trinajstić information content (AvgIpc) is 3.78. The predicted molar refractivity (Wildman–Crippen MR) is 180 cm³/mol. The van der Waals surface area contributed by atoms with Crippen LogP contribution >= 0.6 is 0 Å². The molecule has 0 N–H and O–H groups in total. The lowest BCUT2D eigenvalue weighted by Gasteiger charge is -2.29. The zero-order valence-electron chi connectivity index (χ0n) is 27.7. The molecule has 9 heteroatoms. The maximum Gasteiger partial charge on any atom is 0.187 e. The van der Waals surface area contributed by atoms with E-state index in [1.165, 1.54) is 0 Å². The van der Waals surface area contributed by atoms with Crippen molar-refractivity contribution in [3.63, 3.8) is 0 Å². The smallest absolute Gasteiger partial charge is 0.187 e. The molecule has 258 valence electrons. The maximum absolute atomic E-state index is 6.67. The number of fused-ring (bicyclic) bond motifs is 1. The quantitative estimate of drug-likeness (QED) is 0.122.